The lowest BCUT2D eigenvalue weighted by atomic mass is 10.1. The van der Waals surface area contributed by atoms with Gasteiger partial charge in [0.2, 0.25) is 0 Å². The Morgan fingerprint density at radius 2 is 2.11 bits per heavy atom. The number of carboxylic acids is 1. The van der Waals surface area contributed by atoms with E-state index in [0.29, 0.717) is 12.1 Å². The van der Waals surface area contributed by atoms with Crippen LogP contribution in [-0.4, -0.2) is 42.6 Å². The predicted octanol–water partition coefficient (Wildman–Crippen LogP) is 2.36. The monoisotopic (exact) mass is 376 g/mol. The lowest BCUT2D eigenvalue weighted by Crippen LogP contribution is -2.29. The van der Waals surface area contributed by atoms with Crippen LogP contribution in [0.15, 0.2) is 53.5 Å². The topological polar surface area (TPSA) is 94.0 Å². The second-order valence-corrected chi connectivity index (χ2v) is 6.63. The fraction of sp³-hybridized carbons (Fsp3) is 0.190. The molecule has 2 aromatic carbocycles. The molecule has 1 amide bonds. The van der Waals surface area contributed by atoms with Crippen molar-refractivity contribution in [1.29, 1.82) is 0 Å². The van der Waals surface area contributed by atoms with Crippen molar-refractivity contribution in [2.45, 2.75) is 6.42 Å². The van der Waals surface area contributed by atoms with Crippen LogP contribution < -0.4 is 15.5 Å². The molecule has 142 valence electrons. The second kappa shape index (κ2) is 7.56. The van der Waals surface area contributed by atoms with E-state index in [2.05, 4.69) is 15.6 Å². The zero-order valence-corrected chi connectivity index (χ0v) is 15.2. The summed E-state index contributed by atoms with van der Waals surface area (Å²) >= 11 is 0. The highest BCUT2D eigenvalue weighted by Gasteiger charge is 2.25. The van der Waals surface area contributed by atoms with Gasteiger partial charge in [-0.3, -0.25) is 9.79 Å². The number of carbonyl (C=O) groups is 2. The van der Waals surface area contributed by atoms with Crippen molar-refractivity contribution in [3.8, 4) is 0 Å². The number of anilines is 2. The van der Waals surface area contributed by atoms with Gasteiger partial charge in [0.1, 0.15) is 0 Å². The molecule has 0 aromatic heterocycles. The highest BCUT2D eigenvalue weighted by molar-refractivity contribution is 6.08. The van der Waals surface area contributed by atoms with Crippen LogP contribution in [0.5, 0.6) is 0 Å². The highest BCUT2D eigenvalue weighted by Crippen LogP contribution is 2.31. The molecule has 0 fully saturated rings. The van der Waals surface area contributed by atoms with Gasteiger partial charge in [-0.25, -0.2) is 4.79 Å². The molecule has 3 N–H and O–H groups in total. The maximum atomic E-state index is 13.1. The molecule has 0 saturated heterocycles. The Labute approximate surface area is 162 Å². The Morgan fingerprint density at radius 3 is 2.89 bits per heavy atom. The summed E-state index contributed by atoms with van der Waals surface area (Å²) in [4.78, 5) is 29.8. The van der Waals surface area contributed by atoms with E-state index < -0.39 is 5.97 Å². The number of aliphatic imine (C=N–C) groups is 1. The minimum atomic E-state index is -0.982. The molecule has 0 bridgehead atoms. The Bertz CT molecular complexity index is 997. The molecule has 7 heteroatoms. The number of hydrogen-bond acceptors (Lipinski definition) is 5. The number of rotatable bonds is 4. The van der Waals surface area contributed by atoms with E-state index in [9.17, 15) is 9.59 Å². The zero-order chi connectivity index (χ0) is 19.5. The average molecular weight is 376 g/mol. The molecule has 2 aliphatic rings. The van der Waals surface area contributed by atoms with E-state index in [1.54, 1.807) is 17.0 Å². The van der Waals surface area contributed by atoms with Crippen molar-refractivity contribution in [3.63, 3.8) is 0 Å². The van der Waals surface area contributed by atoms with Crippen LogP contribution >= 0.6 is 0 Å². The minimum absolute atomic E-state index is 0.0578. The summed E-state index contributed by atoms with van der Waals surface area (Å²) in [5.41, 5.74) is 4.14. The number of nitrogens with zero attached hydrogens (tertiary/aromatic N) is 2. The van der Waals surface area contributed by atoms with E-state index in [4.69, 9.17) is 5.11 Å². The van der Waals surface area contributed by atoms with Crippen LogP contribution in [0.25, 0.3) is 6.08 Å². The smallest absolute Gasteiger partial charge is 0.328 e. The summed E-state index contributed by atoms with van der Waals surface area (Å²) in [6, 6.07) is 13.0. The predicted molar refractivity (Wildman–Crippen MR) is 109 cm³/mol. The maximum Gasteiger partial charge on any atom is 0.328 e. The zero-order valence-electron chi connectivity index (χ0n) is 15.2. The first-order chi connectivity index (χ1) is 13.6. The van der Waals surface area contributed by atoms with Crippen LogP contribution in [0.4, 0.5) is 11.4 Å². The summed E-state index contributed by atoms with van der Waals surface area (Å²) in [6.07, 6.45) is 3.41. The number of carbonyl (C=O) groups excluding carboxylic acids is 1. The van der Waals surface area contributed by atoms with Crippen molar-refractivity contribution in [2.24, 2.45) is 4.99 Å². The molecule has 0 atom stereocenters. The first-order valence-corrected chi connectivity index (χ1v) is 9.11. The number of amides is 1. The van der Waals surface area contributed by atoms with Gasteiger partial charge < -0.3 is 20.6 Å². The molecule has 4 rings (SSSR count). The molecule has 2 heterocycles. The summed E-state index contributed by atoms with van der Waals surface area (Å²) in [7, 11) is 0. The molecule has 0 saturated carbocycles. The van der Waals surface area contributed by atoms with Crippen LogP contribution in [0, 0.1) is 0 Å². The van der Waals surface area contributed by atoms with Gasteiger partial charge in [-0.15, -0.1) is 0 Å². The molecular formula is C21H20N4O3. The Balaban J connectivity index is 1.53. The summed E-state index contributed by atoms with van der Waals surface area (Å²) in [6.45, 7) is 2.16. The van der Waals surface area contributed by atoms with Crippen molar-refractivity contribution in [2.75, 3.05) is 29.9 Å². The lowest BCUT2D eigenvalue weighted by Gasteiger charge is -2.18. The van der Waals surface area contributed by atoms with Gasteiger partial charge in [0.15, 0.2) is 5.96 Å². The highest BCUT2D eigenvalue weighted by atomic mass is 16.4. The molecule has 7 nitrogen and oxygen atoms in total. The summed E-state index contributed by atoms with van der Waals surface area (Å²) in [5.74, 6) is -0.319. The maximum absolute atomic E-state index is 13.1. The van der Waals surface area contributed by atoms with E-state index in [1.165, 1.54) is 0 Å². The number of fused-ring (bicyclic) bond motifs is 1. The third kappa shape index (κ3) is 3.73. The van der Waals surface area contributed by atoms with E-state index in [-0.39, 0.29) is 5.91 Å². The summed E-state index contributed by atoms with van der Waals surface area (Å²) < 4.78 is 0. The first-order valence-electron chi connectivity index (χ1n) is 9.11. The fourth-order valence-electron chi connectivity index (χ4n) is 3.41. The number of aliphatic carboxylic acids is 1. The Morgan fingerprint density at radius 1 is 1.21 bits per heavy atom. The third-order valence-electron chi connectivity index (χ3n) is 4.71. The van der Waals surface area contributed by atoms with Gasteiger partial charge in [-0.2, -0.15) is 0 Å². The van der Waals surface area contributed by atoms with E-state index in [1.807, 2.05) is 36.4 Å². The Hall–Kier alpha value is -3.61. The van der Waals surface area contributed by atoms with Crippen LogP contribution in [0.1, 0.15) is 21.5 Å². The number of benzene rings is 2. The molecule has 0 radical (unpaired) electrons. The van der Waals surface area contributed by atoms with Crippen molar-refractivity contribution in [3.05, 3.63) is 65.2 Å². The fourth-order valence-corrected chi connectivity index (χ4v) is 3.41. The average Bonchev–Trinajstić information content (AvgIpc) is 3.35. The Kier molecular flexibility index (Phi) is 4.80. The van der Waals surface area contributed by atoms with Gasteiger partial charge in [0, 0.05) is 36.1 Å². The number of guanidine groups is 1. The van der Waals surface area contributed by atoms with Crippen molar-refractivity contribution >= 4 is 35.3 Å². The van der Waals surface area contributed by atoms with Gasteiger partial charge in [0.05, 0.1) is 6.54 Å². The van der Waals surface area contributed by atoms with Crippen LogP contribution in [-0.2, 0) is 11.2 Å². The normalized spacial score (nSPS) is 15.3. The lowest BCUT2D eigenvalue weighted by molar-refractivity contribution is -0.131. The SMILES string of the molecule is O=C(O)/C=C/c1ccc2c(c1)CCN2C(=O)c1cccc(NC2=NCCN2)c1. The van der Waals surface area contributed by atoms with Crippen molar-refractivity contribution in [1.82, 2.24) is 5.32 Å². The van der Waals surface area contributed by atoms with Crippen LogP contribution in [0.2, 0.25) is 0 Å². The molecule has 2 aliphatic heterocycles. The third-order valence-corrected chi connectivity index (χ3v) is 4.71. The minimum Gasteiger partial charge on any atom is -0.478 e. The van der Waals surface area contributed by atoms with E-state index >= 15 is 0 Å². The molecule has 28 heavy (non-hydrogen) atoms. The standard InChI is InChI=1S/C21H20N4O3/c26-19(27)7-5-14-4-6-18-15(12-14)8-11-25(18)20(28)16-2-1-3-17(13-16)24-21-22-9-10-23-21/h1-7,12-13H,8-11H2,(H,26,27)(H2,22,23,24)/b7-5+. The molecule has 0 unspecified atom stereocenters. The quantitative estimate of drug-likeness (QED) is 0.712. The first kappa shape index (κ1) is 17.8. The number of nitrogens with one attached hydrogen (secondary N) is 2. The number of hydrogen-bond donors (Lipinski definition) is 3. The molecule has 2 aromatic rings. The molecule has 0 aliphatic carbocycles. The van der Waals surface area contributed by atoms with Gasteiger partial charge in [0.25, 0.3) is 5.91 Å². The number of carboxylic acid groups (broad SMARTS) is 1. The van der Waals surface area contributed by atoms with Crippen molar-refractivity contribution < 1.29 is 14.7 Å². The second-order valence-electron chi connectivity index (χ2n) is 6.63. The van der Waals surface area contributed by atoms with Gasteiger partial charge in [-0.1, -0.05) is 12.1 Å². The van der Waals surface area contributed by atoms with Crippen LogP contribution in [0.3, 0.4) is 0 Å². The molecule has 0 spiro atoms. The van der Waals surface area contributed by atoms with E-state index in [0.717, 1.165) is 54.0 Å². The molecular weight excluding hydrogens is 356 g/mol. The summed E-state index contributed by atoms with van der Waals surface area (Å²) in [5, 5.41) is 15.1. The largest absolute Gasteiger partial charge is 0.478 e. The van der Waals surface area contributed by atoms with Gasteiger partial charge >= 0.3 is 5.97 Å². The van der Waals surface area contributed by atoms with Gasteiger partial charge in [-0.05, 0) is 54.0 Å².